The molecule has 8 nitrogen and oxygen atoms in total. The summed E-state index contributed by atoms with van der Waals surface area (Å²) in [6.45, 7) is 16.4. The maximum atomic E-state index is 5.73. The Labute approximate surface area is 155 Å². The topological polar surface area (TPSA) is 112 Å². The Morgan fingerprint density at radius 3 is 1.52 bits per heavy atom. The average Bonchev–Trinajstić information content (AvgIpc) is 2.62. The highest BCUT2D eigenvalue weighted by Gasteiger charge is 2.06. The molecule has 0 spiro atoms. The molecule has 0 unspecified atom stereocenters. The molecular formula is C17H44N8. The summed E-state index contributed by atoms with van der Waals surface area (Å²) in [7, 11) is 2.16. The molecule has 0 aromatic rings. The van der Waals surface area contributed by atoms with Crippen molar-refractivity contribution < 1.29 is 0 Å². The predicted molar refractivity (Wildman–Crippen MR) is 109 cm³/mol. The van der Waals surface area contributed by atoms with Gasteiger partial charge >= 0.3 is 0 Å². The summed E-state index contributed by atoms with van der Waals surface area (Å²) in [5, 5.41) is 6.88. The molecule has 0 radical (unpaired) electrons. The SMILES string of the molecule is CCN(C)CCN(CCN)CCNCCN(CCN)CCNCCN. The fraction of sp³-hybridized carbons (Fsp3) is 1.00. The molecule has 0 rings (SSSR count). The third-order valence-electron chi connectivity index (χ3n) is 4.36. The molecule has 25 heavy (non-hydrogen) atoms. The molecule has 0 aliphatic heterocycles. The van der Waals surface area contributed by atoms with Crippen molar-refractivity contribution in [2.45, 2.75) is 6.92 Å². The summed E-state index contributed by atoms with van der Waals surface area (Å²) in [6.07, 6.45) is 0. The first-order valence-electron chi connectivity index (χ1n) is 9.82. The summed E-state index contributed by atoms with van der Waals surface area (Å²) in [5.74, 6) is 0. The van der Waals surface area contributed by atoms with Gasteiger partial charge in [-0.25, -0.2) is 0 Å². The van der Waals surface area contributed by atoms with Gasteiger partial charge in [-0.2, -0.15) is 0 Å². The van der Waals surface area contributed by atoms with Crippen LogP contribution < -0.4 is 27.8 Å². The predicted octanol–water partition coefficient (Wildman–Crippen LogP) is -2.40. The molecule has 0 aliphatic rings. The molecule has 0 aromatic carbocycles. The lowest BCUT2D eigenvalue weighted by Crippen LogP contribution is -2.43. The van der Waals surface area contributed by atoms with Crippen molar-refractivity contribution in [3.05, 3.63) is 0 Å². The van der Waals surface area contributed by atoms with Crippen molar-refractivity contribution in [1.29, 1.82) is 0 Å². The minimum atomic E-state index is 0.686. The highest BCUT2D eigenvalue weighted by Crippen LogP contribution is 1.90. The van der Waals surface area contributed by atoms with E-state index < -0.39 is 0 Å². The first-order chi connectivity index (χ1) is 12.2. The van der Waals surface area contributed by atoms with Crippen LogP contribution in [0, 0.1) is 0 Å². The van der Waals surface area contributed by atoms with E-state index in [4.69, 9.17) is 17.2 Å². The Balaban J connectivity index is 3.84. The molecule has 8 N–H and O–H groups in total. The first kappa shape index (κ1) is 24.7. The van der Waals surface area contributed by atoms with E-state index in [0.717, 1.165) is 85.1 Å². The van der Waals surface area contributed by atoms with E-state index in [1.807, 2.05) is 0 Å². The van der Waals surface area contributed by atoms with Crippen molar-refractivity contribution >= 4 is 0 Å². The molecule has 0 aromatic heterocycles. The van der Waals surface area contributed by atoms with Crippen molar-refractivity contribution in [2.24, 2.45) is 17.2 Å². The zero-order valence-electron chi connectivity index (χ0n) is 16.7. The minimum Gasteiger partial charge on any atom is -0.329 e. The summed E-state index contributed by atoms with van der Waals surface area (Å²) in [5.41, 5.74) is 16.9. The zero-order chi connectivity index (χ0) is 18.8. The van der Waals surface area contributed by atoms with Gasteiger partial charge in [-0.05, 0) is 13.6 Å². The van der Waals surface area contributed by atoms with Gasteiger partial charge in [0.2, 0.25) is 0 Å². The number of nitrogens with two attached hydrogens (primary N) is 3. The normalized spacial score (nSPS) is 12.0. The summed E-state index contributed by atoms with van der Waals surface area (Å²) in [6, 6.07) is 0. The lowest BCUT2D eigenvalue weighted by molar-refractivity contribution is 0.230. The van der Waals surface area contributed by atoms with Crippen molar-refractivity contribution in [2.75, 3.05) is 105 Å². The fourth-order valence-corrected chi connectivity index (χ4v) is 2.57. The number of hydrogen-bond donors (Lipinski definition) is 5. The fourth-order valence-electron chi connectivity index (χ4n) is 2.57. The number of rotatable bonds is 19. The molecule has 0 saturated carbocycles. The van der Waals surface area contributed by atoms with Gasteiger partial charge in [0.15, 0.2) is 0 Å². The minimum absolute atomic E-state index is 0.686. The maximum absolute atomic E-state index is 5.73. The Kier molecular flexibility index (Phi) is 18.2. The van der Waals surface area contributed by atoms with Crippen LogP contribution in [0.4, 0.5) is 0 Å². The van der Waals surface area contributed by atoms with Gasteiger partial charge in [0.05, 0.1) is 0 Å². The summed E-state index contributed by atoms with van der Waals surface area (Å²) >= 11 is 0. The van der Waals surface area contributed by atoms with Gasteiger partial charge in [0.25, 0.3) is 0 Å². The van der Waals surface area contributed by atoms with Crippen LogP contribution in [0.15, 0.2) is 0 Å². The summed E-state index contributed by atoms with van der Waals surface area (Å²) < 4.78 is 0. The van der Waals surface area contributed by atoms with Crippen LogP contribution in [0.1, 0.15) is 6.92 Å². The lowest BCUT2D eigenvalue weighted by Gasteiger charge is -2.25. The smallest absolute Gasteiger partial charge is 0.0110 e. The van der Waals surface area contributed by atoms with E-state index in [2.05, 4.69) is 39.3 Å². The van der Waals surface area contributed by atoms with Crippen molar-refractivity contribution in [3.63, 3.8) is 0 Å². The van der Waals surface area contributed by atoms with Crippen molar-refractivity contribution in [1.82, 2.24) is 25.3 Å². The Bertz CT molecular complexity index is 267. The quantitative estimate of drug-likeness (QED) is 0.162. The molecular weight excluding hydrogens is 316 g/mol. The van der Waals surface area contributed by atoms with Crippen LogP contribution >= 0.6 is 0 Å². The molecule has 0 saturated heterocycles. The third-order valence-corrected chi connectivity index (χ3v) is 4.36. The molecule has 0 heterocycles. The number of nitrogens with one attached hydrogen (secondary N) is 2. The van der Waals surface area contributed by atoms with E-state index in [-0.39, 0.29) is 0 Å². The van der Waals surface area contributed by atoms with Gasteiger partial charge in [-0.1, -0.05) is 6.92 Å². The Morgan fingerprint density at radius 2 is 1.08 bits per heavy atom. The lowest BCUT2D eigenvalue weighted by atomic mass is 10.4. The summed E-state index contributed by atoms with van der Waals surface area (Å²) in [4.78, 5) is 7.16. The molecule has 0 bridgehead atoms. The Hall–Kier alpha value is -0.320. The van der Waals surface area contributed by atoms with E-state index >= 15 is 0 Å². The number of likely N-dealkylation sites (N-methyl/N-ethyl adjacent to an activating group) is 1. The zero-order valence-corrected chi connectivity index (χ0v) is 16.7. The second kappa shape index (κ2) is 18.5. The van der Waals surface area contributed by atoms with E-state index in [0.29, 0.717) is 13.1 Å². The van der Waals surface area contributed by atoms with Gasteiger partial charge in [0.1, 0.15) is 0 Å². The highest BCUT2D eigenvalue weighted by atomic mass is 15.2. The standard InChI is InChI=1S/C17H44N8/c1-3-23(2)16-17-25(12-6-20)15-10-22-9-14-24(11-5-19)13-8-21-7-4-18/h21-22H,3-20H2,1-2H3. The molecule has 152 valence electrons. The van der Waals surface area contributed by atoms with Crippen LogP contribution in [0.5, 0.6) is 0 Å². The van der Waals surface area contributed by atoms with Gasteiger partial charge in [-0.15, -0.1) is 0 Å². The van der Waals surface area contributed by atoms with Crippen LogP contribution in [0.3, 0.4) is 0 Å². The monoisotopic (exact) mass is 360 g/mol. The number of hydrogen-bond acceptors (Lipinski definition) is 8. The van der Waals surface area contributed by atoms with Crippen LogP contribution in [0.2, 0.25) is 0 Å². The maximum Gasteiger partial charge on any atom is 0.0110 e. The first-order valence-corrected chi connectivity index (χ1v) is 9.82. The van der Waals surface area contributed by atoms with Crippen LogP contribution in [0.25, 0.3) is 0 Å². The molecule has 0 amide bonds. The molecule has 0 aliphatic carbocycles. The van der Waals surface area contributed by atoms with Gasteiger partial charge in [-0.3, -0.25) is 9.80 Å². The largest absolute Gasteiger partial charge is 0.329 e. The van der Waals surface area contributed by atoms with E-state index in [1.165, 1.54) is 0 Å². The third kappa shape index (κ3) is 15.6. The van der Waals surface area contributed by atoms with Gasteiger partial charge < -0.3 is 32.7 Å². The highest BCUT2D eigenvalue weighted by molar-refractivity contribution is 4.65. The number of nitrogens with zero attached hydrogens (tertiary/aromatic N) is 3. The van der Waals surface area contributed by atoms with E-state index in [1.54, 1.807) is 0 Å². The molecule has 8 heteroatoms. The van der Waals surface area contributed by atoms with Gasteiger partial charge in [0, 0.05) is 91.6 Å². The second-order valence-corrected chi connectivity index (χ2v) is 6.45. The Morgan fingerprint density at radius 1 is 0.600 bits per heavy atom. The van der Waals surface area contributed by atoms with E-state index in [9.17, 15) is 0 Å². The van der Waals surface area contributed by atoms with Crippen LogP contribution in [-0.4, -0.2) is 120 Å². The van der Waals surface area contributed by atoms with Crippen LogP contribution in [-0.2, 0) is 0 Å². The molecule has 0 atom stereocenters. The average molecular weight is 361 g/mol. The second-order valence-electron chi connectivity index (χ2n) is 6.45. The van der Waals surface area contributed by atoms with Crippen molar-refractivity contribution in [3.8, 4) is 0 Å². The molecule has 0 fully saturated rings.